The lowest BCUT2D eigenvalue weighted by Crippen LogP contribution is -2.43. The van der Waals surface area contributed by atoms with E-state index in [2.05, 4.69) is 12.2 Å². The first-order chi connectivity index (χ1) is 8.25. The molecule has 2 nitrogen and oxygen atoms in total. The summed E-state index contributed by atoms with van der Waals surface area (Å²) in [5, 5.41) is 5.27. The molecular weight excluding hydrogens is 228 g/mol. The average Bonchev–Trinajstić information content (AvgIpc) is 3.18. The summed E-state index contributed by atoms with van der Waals surface area (Å²) in [5.74, 6) is 0.842. The van der Waals surface area contributed by atoms with E-state index in [9.17, 15) is 0 Å². The SMILES string of the molecule is CC(NC1CC1)(c1nc2c(s1)CCC2)C1CC1. The Balaban J connectivity index is 1.67. The molecule has 17 heavy (non-hydrogen) atoms. The Morgan fingerprint density at radius 1 is 1.24 bits per heavy atom. The minimum Gasteiger partial charge on any atom is -0.303 e. The molecule has 1 N–H and O–H groups in total. The number of thiazole rings is 1. The molecule has 1 atom stereocenters. The van der Waals surface area contributed by atoms with Crippen LogP contribution in [0.5, 0.6) is 0 Å². The molecule has 2 saturated carbocycles. The van der Waals surface area contributed by atoms with E-state index in [4.69, 9.17) is 4.98 Å². The lowest BCUT2D eigenvalue weighted by Gasteiger charge is -2.29. The van der Waals surface area contributed by atoms with Crippen molar-refractivity contribution in [1.29, 1.82) is 0 Å². The van der Waals surface area contributed by atoms with Gasteiger partial charge in [-0.1, -0.05) is 0 Å². The molecule has 3 aliphatic carbocycles. The summed E-state index contributed by atoms with van der Waals surface area (Å²) >= 11 is 1.99. The molecule has 92 valence electrons. The number of rotatable bonds is 4. The number of fused-ring (bicyclic) bond motifs is 1. The number of aryl methyl sites for hydroxylation is 2. The predicted molar refractivity (Wildman–Crippen MR) is 70.4 cm³/mol. The summed E-state index contributed by atoms with van der Waals surface area (Å²) in [6, 6.07) is 0.777. The van der Waals surface area contributed by atoms with Gasteiger partial charge in [0, 0.05) is 10.9 Å². The van der Waals surface area contributed by atoms with Gasteiger partial charge >= 0.3 is 0 Å². The van der Waals surface area contributed by atoms with Crippen LogP contribution < -0.4 is 5.32 Å². The van der Waals surface area contributed by atoms with Gasteiger partial charge in [0.2, 0.25) is 0 Å². The number of hydrogen-bond acceptors (Lipinski definition) is 3. The summed E-state index contributed by atoms with van der Waals surface area (Å²) in [4.78, 5) is 6.53. The fourth-order valence-corrected chi connectivity index (χ4v) is 4.42. The van der Waals surface area contributed by atoms with Gasteiger partial charge in [-0.15, -0.1) is 11.3 Å². The Morgan fingerprint density at radius 3 is 2.71 bits per heavy atom. The third-order valence-electron chi connectivity index (χ3n) is 4.52. The molecule has 0 radical (unpaired) electrons. The molecule has 0 saturated heterocycles. The van der Waals surface area contributed by atoms with Gasteiger partial charge in [0.15, 0.2) is 0 Å². The Kier molecular flexibility index (Phi) is 2.19. The molecule has 0 aliphatic heterocycles. The second kappa shape index (κ2) is 3.55. The number of nitrogens with zero attached hydrogens (tertiary/aromatic N) is 1. The van der Waals surface area contributed by atoms with Crippen molar-refractivity contribution in [3.8, 4) is 0 Å². The summed E-state index contributed by atoms with van der Waals surface area (Å²) in [6.07, 6.45) is 9.33. The highest BCUT2D eigenvalue weighted by atomic mass is 32.1. The van der Waals surface area contributed by atoms with E-state index in [1.54, 1.807) is 4.88 Å². The Labute approximate surface area is 107 Å². The average molecular weight is 248 g/mol. The molecular formula is C14H20N2S. The largest absolute Gasteiger partial charge is 0.303 e. The van der Waals surface area contributed by atoms with E-state index < -0.39 is 0 Å². The van der Waals surface area contributed by atoms with Crippen LogP contribution in [0.3, 0.4) is 0 Å². The first-order valence-electron chi connectivity index (χ1n) is 7.02. The molecule has 0 amide bonds. The van der Waals surface area contributed by atoms with Crippen molar-refractivity contribution < 1.29 is 0 Å². The van der Waals surface area contributed by atoms with Crippen LogP contribution in [0, 0.1) is 5.92 Å². The fraction of sp³-hybridized carbons (Fsp3) is 0.786. The maximum Gasteiger partial charge on any atom is 0.113 e. The van der Waals surface area contributed by atoms with Gasteiger partial charge in [0.1, 0.15) is 5.01 Å². The molecule has 1 unspecified atom stereocenters. The highest BCUT2D eigenvalue weighted by molar-refractivity contribution is 7.12. The number of hydrogen-bond donors (Lipinski definition) is 1. The fourth-order valence-electron chi connectivity index (χ4n) is 3.08. The minimum atomic E-state index is 0.191. The first-order valence-corrected chi connectivity index (χ1v) is 7.84. The number of nitrogens with one attached hydrogen (secondary N) is 1. The van der Waals surface area contributed by atoms with E-state index in [0.29, 0.717) is 0 Å². The third kappa shape index (κ3) is 1.75. The molecule has 0 bridgehead atoms. The van der Waals surface area contributed by atoms with Gasteiger partial charge in [0.25, 0.3) is 0 Å². The van der Waals surface area contributed by atoms with Crippen molar-refractivity contribution in [3.63, 3.8) is 0 Å². The lowest BCUT2D eigenvalue weighted by molar-refractivity contribution is 0.313. The maximum atomic E-state index is 4.96. The second-order valence-electron chi connectivity index (χ2n) is 6.14. The van der Waals surface area contributed by atoms with Gasteiger partial charge in [-0.25, -0.2) is 4.98 Å². The zero-order valence-electron chi connectivity index (χ0n) is 10.5. The minimum absolute atomic E-state index is 0.191. The summed E-state index contributed by atoms with van der Waals surface area (Å²) < 4.78 is 0. The van der Waals surface area contributed by atoms with Crippen LogP contribution in [-0.4, -0.2) is 11.0 Å². The van der Waals surface area contributed by atoms with Crippen LogP contribution in [-0.2, 0) is 18.4 Å². The first kappa shape index (κ1) is 10.5. The zero-order valence-corrected chi connectivity index (χ0v) is 11.3. The smallest absolute Gasteiger partial charge is 0.113 e. The Bertz CT molecular complexity index is 424. The summed E-state index contributed by atoms with van der Waals surface area (Å²) in [7, 11) is 0. The van der Waals surface area contributed by atoms with Crippen molar-refractivity contribution in [1.82, 2.24) is 10.3 Å². The third-order valence-corrected chi connectivity index (χ3v) is 5.91. The zero-order chi connectivity index (χ0) is 11.5. The van der Waals surface area contributed by atoms with Gasteiger partial charge in [-0.2, -0.15) is 0 Å². The molecule has 2 fully saturated rings. The van der Waals surface area contributed by atoms with Crippen LogP contribution >= 0.6 is 11.3 Å². The molecule has 3 heteroatoms. The van der Waals surface area contributed by atoms with E-state index in [1.807, 2.05) is 11.3 Å². The van der Waals surface area contributed by atoms with Gasteiger partial charge < -0.3 is 5.32 Å². The molecule has 0 spiro atoms. The quantitative estimate of drug-likeness (QED) is 0.886. The van der Waals surface area contributed by atoms with E-state index >= 15 is 0 Å². The normalized spacial score (nSPS) is 26.9. The highest BCUT2D eigenvalue weighted by Gasteiger charge is 2.47. The van der Waals surface area contributed by atoms with Crippen LogP contribution in [0.4, 0.5) is 0 Å². The molecule has 4 rings (SSSR count). The highest BCUT2D eigenvalue weighted by Crippen LogP contribution is 2.49. The van der Waals surface area contributed by atoms with Crippen molar-refractivity contribution >= 4 is 11.3 Å². The van der Waals surface area contributed by atoms with E-state index in [-0.39, 0.29) is 5.54 Å². The van der Waals surface area contributed by atoms with Gasteiger partial charge in [0.05, 0.1) is 11.2 Å². The topological polar surface area (TPSA) is 24.9 Å². The summed E-state index contributed by atoms with van der Waals surface area (Å²) in [6.45, 7) is 2.40. The van der Waals surface area contributed by atoms with Crippen molar-refractivity contribution in [2.75, 3.05) is 0 Å². The van der Waals surface area contributed by atoms with Crippen LogP contribution in [0.2, 0.25) is 0 Å². The van der Waals surface area contributed by atoms with Crippen molar-refractivity contribution in [2.45, 2.75) is 63.5 Å². The molecule has 1 aromatic rings. The molecule has 1 aromatic heterocycles. The van der Waals surface area contributed by atoms with Crippen molar-refractivity contribution in [3.05, 3.63) is 15.6 Å². The lowest BCUT2D eigenvalue weighted by atomic mass is 9.96. The monoisotopic (exact) mass is 248 g/mol. The molecule has 1 heterocycles. The number of aromatic nitrogens is 1. The van der Waals surface area contributed by atoms with Crippen LogP contribution in [0.15, 0.2) is 0 Å². The molecule has 0 aromatic carbocycles. The second-order valence-corrected chi connectivity index (χ2v) is 7.22. The van der Waals surface area contributed by atoms with E-state index in [1.165, 1.54) is 55.6 Å². The summed E-state index contributed by atoms with van der Waals surface area (Å²) in [5.41, 5.74) is 1.60. The van der Waals surface area contributed by atoms with Gasteiger partial charge in [-0.05, 0) is 57.8 Å². The molecule has 3 aliphatic rings. The maximum absolute atomic E-state index is 4.96. The predicted octanol–water partition coefficient (Wildman–Crippen LogP) is 3.01. The van der Waals surface area contributed by atoms with Gasteiger partial charge in [-0.3, -0.25) is 0 Å². The standard InChI is InChI=1S/C14H20N2S/c1-14(9-5-6-9,16-10-7-8-10)13-15-11-3-2-4-12(11)17-13/h9-10,16H,2-8H2,1H3. The van der Waals surface area contributed by atoms with Crippen LogP contribution in [0.1, 0.15) is 54.6 Å². The van der Waals surface area contributed by atoms with E-state index in [0.717, 1.165) is 12.0 Å². The van der Waals surface area contributed by atoms with Crippen molar-refractivity contribution in [2.24, 2.45) is 5.92 Å². The van der Waals surface area contributed by atoms with Crippen LogP contribution in [0.25, 0.3) is 0 Å². The Hall–Kier alpha value is -0.410. The Morgan fingerprint density at radius 2 is 2.06 bits per heavy atom.